The van der Waals surface area contributed by atoms with Crippen LogP contribution in [0, 0.1) is 0 Å². The van der Waals surface area contributed by atoms with Gasteiger partial charge in [-0.25, -0.2) is 4.39 Å². The molecule has 0 amide bonds. The molecule has 0 aliphatic rings. The zero-order valence-electron chi connectivity index (χ0n) is 8.18. The summed E-state index contributed by atoms with van der Waals surface area (Å²) >= 11 is 0. The number of ether oxygens (including phenoxy) is 1. The van der Waals surface area contributed by atoms with Gasteiger partial charge in [0.2, 0.25) is 0 Å². The van der Waals surface area contributed by atoms with Crippen molar-refractivity contribution in [2.75, 3.05) is 40.0 Å². The number of unbranched alkanes of at least 4 members (excludes halogenated alkanes) is 1. The molecule has 0 aromatic rings. The van der Waals surface area contributed by atoms with Crippen molar-refractivity contribution in [3.63, 3.8) is 0 Å². The van der Waals surface area contributed by atoms with Gasteiger partial charge in [0.1, 0.15) is 6.67 Å². The van der Waals surface area contributed by atoms with E-state index in [1.165, 1.54) is 6.42 Å². The first-order chi connectivity index (χ1) is 5.81. The van der Waals surface area contributed by atoms with Gasteiger partial charge in [0.25, 0.3) is 0 Å². The van der Waals surface area contributed by atoms with Gasteiger partial charge >= 0.3 is 0 Å². The molecule has 0 atom stereocenters. The van der Waals surface area contributed by atoms with Crippen molar-refractivity contribution in [2.45, 2.75) is 19.8 Å². The summed E-state index contributed by atoms with van der Waals surface area (Å²) in [4.78, 5) is 1.94. The fraction of sp³-hybridized carbons (Fsp3) is 1.00. The molecule has 0 bridgehead atoms. The van der Waals surface area contributed by atoms with Gasteiger partial charge < -0.3 is 9.64 Å². The van der Waals surface area contributed by atoms with Gasteiger partial charge in [0, 0.05) is 19.7 Å². The smallest absolute Gasteiger partial charge is 0.102 e. The van der Waals surface area contributed by atoms with Crippen LogP contribution in [0.2, 0.25) is 0 Å². The number of likely N-dealkylation sites (N-methyl/N-ethyl adjacent to an activating group) is 1. The van der Waals surface area contributed by atoms with Crippen LogP contribution in [0.1, 0.15) is 19.8 Å². The van der Waals surface area contributed by atoms with Gasteiger partial charge in [-0.15, -0.1) is 0 Å². The molecule has 0 heterocycles. The maximum Gasteiger partial charge on any atom is 0.102 e. The molecular formula is C9H20FNO. The van der Waals surface area contributed by atoms with E-state index in [-0.39, 0.29) is 6.67 Å². The van der Waals surface area contributed by atoms with Gasteiger partial charge in [-0.1, -0.05) is 13.3 Å². The minimum Gasteiger partial charge on any atom is -0.380 e. The molecule has 0 rings (SSSR count). The first kappa shape index (κ1) is 11.8. The van der Waals surface area contributed by atoms with E-state index < -0.39 is 0 Å². The molecule has 2 nitrogen and oxygen atoms in total. The number of hydrogen-bond acceptors (Lipinski definition) is 2. The van der Waals surface area contributed by atoms with E-state index in [0.717, 1.165) is 26.2 Å². The maximum atomic E-state index is 11.8. The molecule has 0 unspecified atom stereocenters. The molecule has 0 saturated heterocycles. The second-order valence-electron chi connectivity index (χ2n) is 2.96. The minimum atomic E-state index is -0.272. The molecule has 0 aromatic carbocycles. The molecular weight excluding hydrogens is 157 g/mol. The van der Waals surface area contributed by atoms with Gasteiger partial charge in [0.05, 0.1) is 6.61 Å². The third kappa shape index (κ3) is 7.95. The van der Waals surface area contributed by atoms with Crippen LogP contribution in [0.5, 0.6) is 0 Å². The summed E-state index contributed by atoms with van der Waals surface area (Å²) in [6.07, 6.45) is 2.28. The third-order valence-electron chi connectivity index (χ3n) is 1.73. The van der Waals surface area contributed by atoms with E-state index in [0.29, 0.717) is 6.54 Å². The SMILES string of the molecule is CCCCOCCN(C)CCF. The van der Waals surface area contributed by atoms with Crippen LogP contribution in [-0.4, -0.2) is 44.9 Å². The molecule has 0 aliphatic carbocycles. The van der Waals surface area contributed by atoms with Crippen molar-refractivity contribution in [1.82, 2.24) is 4.90 Å². The molecule has 0 aromatic heterocycles. The standard InChI is InChI=1S/C9H20FNO/c1-3-4-8-12-9-7-11(2)6-5-10/h3-9H2,1-2H3. The molecule has 0 aliphatic heterocycles. The number of halogens is 1. The maximum absolute atomic E-state index is 11.8. The van der Waals surface area contributed by atoms with Crippen molar-refractivity contribution < 1.29 is 9.13 Å². The van der Waals surface area contributed by atoms with Crippen LogP contribution in [-0.2, 0) is 4.74 Å². The highest BCUT2D eigenvalue weighted by molar-refractivity contribution is 4.48. The van der Waals surface area contributed by atoms with Gasteiger partial charge in [0.15, 0.2) is 0 Å². The van der Waals surface area contributed by atoms with E-state index in [1.807, 2.05) is 11.9 Å². The highest BCUT2D eigenvalue weighted by Crippen LogP contribution is 1.89. The van der Waals surface area contributed by atoms with E-state index in [9.17, 15) is 4.39 Å². The van der Waals surface area contributed by atoms with E-state index in [4.69, 9.17) is 4.74 Å². The summed E-state index contributed by atoms with van der Waals surface area (Å²) in [6.45, 7) is 4.76. The normalized spacial score (nSPS) is 11.0. The summed E-state index contributed by atoms with van der Waals surface area (Å²) in [5.74, 6) is 0. The van der Waals surface area contributed by atoms with E-state index >= 15 is 0 Å². The molecule has 0 spiro atoms. The molecule has 0 radical (unpaired) electrons. The average molecular weight is 177 g/mol. The van der Waals surface area contributed by atoms with Crippen LogP contribution in [0.3, 0.4) is 0 Å². The Morgan fingerprint density at radius 2 is 2.00 bits per heavy atom. The number of nitrogens with zero attached hydrogens (tertiary/aromatic N) is 1. The predicted molar refractivity (Wildman–Crippen MR) is 49.2 cm³/mol. The van der Waals surface area contributed by atoms with Crippen molar-refractivity contribution in [1.29, 1.82) is 0 Å². The van der Waals surface area contributed by atoms with Crippen LogP contribution < -0.4 is 0 Å². The molecule has 0 N–H and O–H groups in total. The van der Waals surface area contributed by atoms with Crippen molar-refractivity contribution in [3.05, 3.63) is 0 Å². The lowest BCUT2D eigenvalue weighted by molar-refractivity contribution is 0.107. The Hall–Kier alpha value is -0.150. The Bertz CT molecular complexity index is 90.6. The number of alkyl halides is 1. The monoisotopic (exact) mass is 177 g/mol. The van der Waals surface area contributed by atoms with Crippen LogP contribution in [0.15, 0.2) is 0 Å². The zero-order valence-corrected chi connectivity index (χ0v) is 8.18. The Kier molecular flexibility index (Phi) is 8.83. The molecule has 12 heavy (non-hydrogen) atoms. The van der Waals surface area contributed by atoms with Crippen LogP contribution >= 0.6 is 0 Å². The summed E-state index contributed by atoms with van der Waals surface area (Å²) < 4.78 is 17.1. The fourth-order valence-corrected chi connectivity index (χ4v) is 0.825. The van der Waals surface area contributed by atoms with Gasteiger partial charge in [-0.3, -0.25) is 0 Å². The van der Waals surface area contributed by atoms with E-state index in [2.05, 4.69) is 6.92 Å². The molecule has 0 fully saturated rings. The van der Waals surface area contributed by atoms with Gasteiger partial charge in [-0.2, -0.15) is 0 Å². The Morgan fingerprint density at radius 3 is 2.58 bits per heavy atom. The highest BCUT2D eigenvalue weighted by Gasteiger charge is 1.96. The Balaban J connectivity index is 2.97. The second-order valence-corrected chi connectivity index (χ2v) is 2.96. The van der Waals surface area contributed by atoms with Crippen LogP contribution in [0.4, 0.5) is 4.39 Å². The van der Waals surface area contributed by atoms with Crippen LogP contribution in [0.25, 0.3) is 0 Å². The predicted octanol–water partition coefficient (Wildman–Crippen LogP) is 1.70. The first-order valence-corrected chi connectivity index (χ1v) is 4.63. The average Bonchev–Trinajstić information content (AvgIpc) is 2.05. The fourth-order valence-electron chi connectivity index (χ4n) is 0.825. The van der Waals surface area contributed by atoms with E-state index in [1.54, 1.807) is 0 Å². The molecule has 0 saturated carbocycles. The third-order valence-corrected chi connectivity index (χ3v) is 1.73. The summed E-state index contributed by atoms with van der Waals surface area (Å²) in [5.41, 5.74) is 0. The first-order valence-electron chi connectivity index (χ1n) is 4.63. The Labute approximate surface area is 74.7 Å². The second kappa shape index (κ2) is 8.94. The largest absolute Gasteiger partial charge is 0.380 e. The van der Waals surface area contributed by atoms with Crippen molar-refractivity contribution in [2.24, 2.45) is 0 Å². The minimum absolute atomic E-state index is 0.272. The summed E-state index contributed by atoms with van der Waals surface area (Å²) in [7, 11) is 1.91. The highest BCUT2D eigenvalue weighted by atomic mass is 19.1. The lowest BCUT2D eigenvalue weighted by Gasteiger charge is -2.13. The lowest BCUT2D eigenvalue weighted by Crippen LogP contribution is -2.25. The topological polar surface area (TPSA) is 12.5 Å². The number of hydrogen-bond donors (Lipinski definition) is 0. The summed E-state index contributed by atoms with van der Waals surface area (Å²) in [5, 5.41) is 0. The Morgan fingerprint density at radius 1 is 1.25 bits per heavy atom. The van der Waals surface area contributed by atoms with Crippen molar-refractivity contribution >= 4 is 0 Å². The summed E-state index contributed by atoms with van der Waals surface area (Å²) in [6, 6.07) is 0. The number of rotatable bonds is 8. The van der Waals surface area contributed by atoms with Crippen molar-refractivity contribution in [3.8, 4) is 0 Å². The zero-order chi connectivity index (χ0) is 9.23. The van der Waals surface area contributed by atoms with Gasteiger partial charge in [-0.05, 0) is 13.5 Å². The molecule has 3 heteroatoms. The quantitative estimate of drug-likeness (QED) is 0.523. The lowest BCUT2D eigenvalue weighted by atomic mass is 10.4. The molecule has 74 valence electrons.